The minimum atomic E-state index is -0.318. The average Bonchev–Trinajstić information content (AvgIpc) is 2.87. The lowest BCUT2D eigenvalue weighted by Gasteiger charge is -2.30. The summed E-state index contributed by atoms with van der Waals surface area (Å²) >= 11 is 0. The summed E-state index contributed by atoms with van der Waals surface area (Å²) in [6, 6.07) is 12.9. The smallest absolute Gasteiger partial charge is 0.251 e. The highest BCUT2D eigenvalue weighted by atomic mass is 16.7. The van der Waals surface area contributed by atoms with Crippen molar-refractivity contribution in [2.24, 2.45) is 0 Å². The van der Waals surface area contributed by atoms with Gasteiger partial charge in [0.15, 0.2) is 17.8 Å². The number of hydrogen-bond donors (Lipinski definition) is 1. The highest BCUT2D eigenvalue weighted by Crippen LogP contribution is 2.31. The number of nitrogens with one attached hydrogen (secondary N) is 1. The highest BCUT2D eigenvalue weighted by molar-refractivity contribution is 5.95. The van der Waals surface area contributed by atoms with Crippen molar-refractivity contribution in [3.63, 3.8) is 0 Å². The van der Waals surface area contributed by atoms with Crippen LogP contribution in [0.2, 0.25) is 0 Å². The average molecular weight is 450 g/mol. The first-order valence-electron chi connectivity index (χ1n) is 11.0. The van der Waals surface area contributed by atoms with E-state index >= 15 is 0 Å². The SMILES string of the molecule is COc1ccc2nccc(CCC3OCC(NC(=O)c4ccc5c(c4)OCCO5)CO3)c2c1. The molecule has 0 atom stereocenters. The molecule has 8 nitrogen and oxygen atoms in total. The number of pyridine rings is 1. The topological polar surface area (TPSA) is 88.1 Å². The molecule has 0 aliphatic carbocycles. The number of aromatic nitrogens is 1. The van der Waals surface area contributed by atoms with E-state index in [4.69, 9.17) is 23.7 Å². The number of amides is 1. The Balaban J connectivity index is 1.14. The zero-order valence-corrected chi connectivity index (χ0v) is 18.4. The van der Waals surface area contributed by atoms with Gasteiger partial charge in [0.25, 0.3) is 5.91 Å². The van der Waals surface area contributed by atoms with E-state index in [0.717, 1.165) is 23.1 Å². The molecule has 8 heteroatoms. The third kappa shape index (κ3) is 4.86. The summed E-state index contributed by atoms with van der Waals surface area (Å²) in [4.78, 5) is 17.1. The molecule has 0 unspecified atom stereocenters. The van der Waals surface area contributed by atoms with Crippen molar-refractivity contribution in [1.82, 2.24) is 10.3 Å². The summed E-state index contributed by atoms with van der Waals surface area (Å²) < 4.78 is 28.2. The van der Waals surface area contributed by atoms with Crippen LogP contribution in [0.25, 0.3) is 10.9 Å². The Morgan fingerprint density at radius 1 is 1.06 bits per heavy atom. The van der Waals surface area contributed by atoms with Gasteiger partial charge >= 0.3 is 0 Å². The molecule has 0 saturated carbocycles. The van der Waals surface area contributed by atoms with E-state index in [9.17, 15) is 4.79 Å². The van der Waals surface area contributed by atoms with Crippen LogP contribution < -0.4 is 19.5 Å². The fourth-order valence-electron chi connectivity index (χ4n) is 4.05. The molecule has 0 radical (unpaired) electrons. The third-order valence-corrected chi connectivity index (χ3v) is 5.79. The molecule has 2 aliphatic heterocycles. The number of methoxy groups -OCH3 is 1. The first-order chi connectivity index (χ1) is 16.2. The molecule has 2 aliphatic rings. The molecule has 1 aromatic heterocycles. The fourth-order valence-corrected chi connectivity index (χ4v) is 4.05. The van der Waals surface area contributed by atoms with Gasteiger partial charge in [-0.25, -0.2) is 0 Å². The second-order valence-corrected chi connectivity index (χ2v) is 8.02. The summed E-state index contributed by atoms with van der Waals surface area (Å²) in [5, 5.41) is 4.03. The maximum Gasteiger partial charge on any atom is 0.251 e. The summed E-state index contributed by atoms with van der Waals surface area (Å²) in [5.41, 5.74) is 2.61. The third-order valence-electron chi connectivity index (χ3n) is 5.79. The normalized spacial score (nSPS) is 19.8. The molecule has 5 rings (SSSR count). The molecule has 172 valence electrons. The van der Waals surface area contributed by atoms with Crippen molar-refractivity contribution in [3.05, 3.63) is 59.8 Å². The number of rotatable bonds is 6. The minimum absolute atomic E-state index is 0.195. The van der Waals surface area contributed by atoms with Crippen molar-refractivity contribution >= 4 is 16.8 Å². The second kappa shape index (κ2) is 9.64. The molecular formula is C25H26N2O6. The molecule has 1 amide bonds. The molecule has 33 heavy (non-hydrogen) atoms. The van der Waals surface area contributed by atoms with E-state index in [1.54, 1.807) is 25.3 Å². The van der Waals surface area contributed by atoms with Crippen LogP contribution in [0.1, 0.15) is 22.3 Å². The molecule has 3 aromatic rings. The van der Waals surface area contributed by atoms with E-state index < -0.39 is 0 Å². The quantitative estimate of drug-likeness (QED) is 0.617. The van der Waals surface area contributed by atoms with Crippen LogP contribution >= 0.6 is 0 Å². The summed E-state index contributed by atoms with van der Waals surface area (Å²) in [6.07, 6.45) is 2.99. The van der Waals surface area contributed by atoms with E-state index in [1.807, 2.05) is 30.5 Å². The lowest BCUT2D eigenvalue weighted by molar-refractivity contribution is -0.190. The number of carbonyl (C=O) groups is 1. The first kappa shape index (κ1) is 21.5. The lowest BCUT2D eigenvalue weighted by Crippen LogP contribution is -2.47. The van der Waals surface area contributed by atoms with E-state index in [0.29, 0.717) is 49.9 Å². The van der Waals surface area contributed by atoms with Crippen molar-refractivity contribution in [2.75, 3.05) is 33.5 Å². The van der Waals surface area contributed by atoms with Crippen molar-refractivity contribution in [1.29, 1.82) is 0 Å². The molecule has 3 heterocycles. The second-order valence-electron chi connectivity index (χ2n) is 8.02. The fraction of sp³-hybridized carbons (Fsp3) is 0.360. The number of hydrogen-bond acceptors (Lipinski definition) is 7. The van der Waals surface area contributed by atoms with Crippen LogP contribution in [0, 0.1) is 0 Å². The lowest BCUT2D eigenvalue weighted by atomic mass is 10.0. The standard InChI is InChI=1S/C25H26N2O6/c1-29-19-4-5-21-20(13-19)16(8-9-26-21)3-7-24-32-14-18(15-33-24)27-25(28)17-2-6-22-23(12-17)31-11-10-30-22/h2,4-6,8-9,12-13,18,24H,3,7,10-11,14-15H2,1H3,(H,27,28). The number of nitrogens with zero attached hydrogens (tertiary/aromatic N) is 1. The van der Waals surface area contributed by atoms with Crippen LogP contribution in [-0.2, 0) is 15.9 Å². The first-order valence-corrected chi connectivity index (χ1v) is 11.0. The number of fused-ring (bicyclic) bond motifs is 2. The van der Waals surface area contributed by atoms with E-state index in [1.165, 1.54) is 5.56 Å². The minimum Gasteiger partial charge on any atom is -0.497 e. The number of ether oxygens (including phenoxy) is 5. The molecule has 2 aromatic carbocycles. The molecule has 1 saturated heterocycles. The van der Waals surface area contributed by atoms with Crippen LogP contribution in [-0.4, -0.2) is 56.8 Å². The monoisotopic (exact) mass is 450 g/mol. The van der Waals surface area contributed by atoms with Gasteiger partial charge in [-0.15, -0.1) is 0 Å². The zero-order valence-electron chi connectivity index (χ0n) is 18.4. The van der Waals surface area contributed by atoms with Gasteiger partial charge in [0.1, 0.15) is 19.0 Å². The Hall–Kier alpha value is -3.36. The molecule has 1 fully saturated rings. The molecule has 0 spiro atoms. The largest absolute Gasteiger partial charge is 0.497 e. The Kier molecular flexibility index (Phi) is 6.28. The summed E-state index contributed by atoms with van der Waals surface area (Å²) in [6.45, 7) is 1.78. The van der Waals surface area contributed by atoms with Gasteiger partial charge in [0.05, 0.1) is 31.9 Å². The van der Waals surface area contributed by atoms with Crippen LogP contribution in [0.3, 0.4) is 0 Å². The molecule has 0 bridgehead atoms. The van der Waals surface area contributed by atoms with Crippen molar-refractivity contribution in [2.45, 2.75) is 25.2 Å². The predicted octanol–water partition coefficient (Wildman–Crippen LogP) is 3.12. The molecule has 1 N–H and O–H groups in total. The van der Waals surface area contributed by atoms with Crippen LogP contribution in [0.15, 0.2) is 48.7 Å². The van der Waals surface area contributed by atoms with E-state index in [2.05, 4.69) is 10.3 Å². The maximum atomic E-state index is 12.6. The van der Waals surface area contributed by atoms with Gasteiger partial charge in [-0.2, -0.15) is 0 Å². The Morgan fingerprint density at radius 2 is 1.88 bits per heavy atom. The maximum absolute atomic E-state index is 12.6. The summed E-state index contributed by atoms with van der Waals surface area (Å²) in [7, 11) is 1.66. The zero-order chi connectivity index (χ0) is 22.6. The highest BCUT2D eigenvalue weighted by Gasteiger charge is 2.25. The van der Waals surface area contributed by atoms with Gasteiger partial charge in [-0.05, 0) is 54.4 Å². The Labute approximate surface area is 191 Å². The van der Waals surface area contributed by atoms with Gasteiger partial charge in [-0.1, -0.05) is 0 Å². The van der Waals surface area contributed by atoms with Gasteiger partial charge in [-0.3, -0.25) is 9.78 Å². The van der Waals surface area contributed by atoms with Crippen molar-refractivity contribution < 1.29 is 28.5 Å². The van der Waals surface area contributed by atoms with Crippen LogP contribution in [0.5, 0.6) is 17.2 Å². The van der Waals surface area contributed by atoms with Gasteiger partial charge in [0.2, 0.25) is 0 Å². The Bertz CT molecular complexity index is 1140. The molecular weight excluding hydrogens is 424 g/mol. The number of aryl methyl sites for hydroxylation is 1. The van der Waals surface area contributed by atoms with Gasteiger partial charge < -0.3 is 29.0 Å². The predicted molar refractivity (Wildman–Crippen MR) is 121 cm³/mol. The Morgan fingerprint density at radius 3 is 2.70 bits per heavy atom. The van der Waals surface area contributed by atoms with Gasteiger partial charge in [0, 0.05) is 23.6 Å². The van der Waals surface area contributed by atoms with E-state index in [-0.39, 0.29) is 18.2 Å². The number of benzene rings is 2. The summed E-state index contributed by atoms with van der Waals surface area (Å²) in [5.74, 6) is 1.86. The van der Waals surface area contributed by atoms with Crippen molar-refractivity contribution in [3.8, 4) is 17.2 Å². The van der Waals surface area contributed by atoms with Crippen LogP contribution in [0.4, 0.5) is 0 Å². The number of carbonyl (C=O) groups excluding carboxylic acids is 1.